The van der Waals surface area contributed by atoms with Crippen molar-refractivity contribution in [2.45, 2.75) is 17.7 Å². The van der Waals surface area contributed by atoms with E-state index >= 15 is 0 Å². The van der Waals surface area contributed by atoms with Gasteiger partial charge in [-0.05, 0) is 31.0 Å². The van der Waals surface area contributed by atoms with Crippen LogP contribution in [0.15, 0.2) is 41.3 Å². The molecule has 0 aliphatic heterocycles. The summed E-state index contributed by atoms with van der Waals surface area (Å²) in [6.45, 7) is 0.947. The van der Waals surface area contributed by atoms with Crippen LogP contribution in [0.5, 0.6) is 11.5 Å². The van der Waals surface area contributed by atoms with Crippen LogP contribution < -0.4 is 10.1 Å². The largest absolute Gasteiger partial charge is 0.508 e. The molecule has 2 aromatic rings. The maximum Gasteiger partial charge on any atom is 0.251 e. The Balaban J connectivity index is 1.70. The minimum atomic E-state index is -0.128. The van der Waals surface area contributed by atoms with Crippen molar-refractivity contribution in [3.05, 3.63) is 52.0 Å². The molecular weight excluding hydrogens is 369 g/mol. The minimum Gasteiger partial charge on any atom is -0.508 e. The molecule has 0 saturated carbocycles. The standard InChI is InChI=1S/C17H17Cl2NO3S/c18-14-9-12(21)10-15(19)16(14)23-7-2-1-6-20-17(22)11-4-3-5-13(24)8-11/h3-5,8-10,21,24H,1-2,6-7H2,(H,20,22). The maximum atomic E-state index is 11.9. The summed E-state index contributed by atoms with van der Waals surface area (Å²) < 4.78 is 5.53. The molecule has 0 heterocycles. The summed E-state index contributed by atoms with van der Waals surface area (Å²) in [5.74, 6) is 0.215. The Morgan fingerprint density at radius 3 is 2.54 bits per heavy atom. The van der Waals surface area contributed by atoms with Crippen molar-refractivity contribution in [1.29, 1.82) is 0 Å². The maximum absolute atomic E-state index is 11.9. The Hall–Kier alpha value is -1.56. The normalized spacial score (nSPS) is 10.5. The molecule has 0 radical (unpaired) electrons. The van der Waals surface area contributed by atoms with Crippen molar-refractivity contribution in [2.75, 3.05) is 13.2 Å². The molecule has 0 spiro atoms. The first-order valence-corrected chi connectivity index (χ1v) is 8.55. The molecule has 1 amide bonds. The fourth-order valence-corrected chi connectivity index (χ4v) is 2.85. The van der Waals surface area contributed by atoms with Crippen LogP contribution in [0.4, 0.5) is 0 Å². The minimum absolute atomic E-state index is 0.00894. The van der Waals surface area contributed by atoms with Gasteiger partial charge in [0.2, 0.25) is 0 Å². The zero-order chi connectivity index (χ0) is 17.5. The van der Waals surface area contributed by atoms with Crippen LogP contribution in [0.2, 0.25) is 10.0 Å². The molecule has 0 fully saturated rings. The van der Waals surface area contributed by atoms with Gasteiger partial charge in [-0.1, -0.05) is 29.3 Å². The van der Waals surface area contributed by atoms with Crippen LogP contribution in [0.3, 0.4) is 0 Å². The number of unbranched alkanes of at least 4 members (excludes halogenated alkanes) is 1. The SMILES string of the molecule is O=C(NCCCCOc1c(Cl)cc(O)cc1Cl)c1cccc(S)c1. The second-order valence-corrected chi connectivity index (χ2v) is 6.43. The van der Waals surface area contributed by atoms with Crippen molar-refractivity contribution in [2.24, 2.45) is 0 Å². The highest BCUT2D eigenvalue weighted by molar-refractivity contribution is 7.80. The zero-order valence-electron chi connectivity index (χ0n) is 12.8. The van der Waals surface area contributed by atoms with Gasteiger partial charge in [0, 0.05) is 29.1 Å². The summed E-state index contributed by atoms with van der Waals surface area (Å²) in [5, 5.41) is 12.7. The molecule has 0 bridgehead atoms. The van der Waals surface area contributed by atoms with Crippen LogP contribution >= 0.6 is 35.8 Å². The van der Waals surface area contributed by atoms with Crippen LogP contribution in [-0.2, 0) is 0 Å². The number of ether oxygens (including phenoxy) is 1. The fraction of sp³-hybridized carbons (Fsp3) is 0.235. The Kier molecular flexibility index (Phi) is 7.09. The highest BCUT2D eigenvalue weighted by Gasteiger charge is 2.09. The van der Waals surface area contributed by atoms with Gasteiger partial charge in [-0.25, -0.2) is 0 Å². The summed E-state index contributed by atoms with van der Waals surface area (Å²) >= 11 is 16.1. The summed E-state index contributed by atoms with van der Waals surface area (Å²) in [6.07, 6.45) is 1.47. The molecule has 4 nitrogen and oxygen atoms in total. The molecule has 2 N–H and O–H groups in total. The number of nitrogens with one attached hydrogen (secondary N) is 1. The first kappa shape index (κ1) is 18.8. The Morgan fingerprint density at radius 2 is 1.88 bits per heavy atom. The van der Waals surface area contributed by atoms with Crippen molar-refractivity contribution in [3.63, 3.8) is 0 Å². The highest BCUT2D eigenvalue weighted by atomic mass is 35.5. The number of hydrogen-bond donors (Lipinski definition) is 3. The monoisotopic (exact) mass is 385 g/mol. The van der Waals surface area contributed by atoms with E-state index in [0.29, 0.717) is 24.5 Å². The second kappa shape index (κ2) is 9.06. The molecule has 2 aromatic carbocycles. The van der Waals surface area contributed by atoms with Crippen molar-refractivity contribution in [1.82, 2.24) is 5.32 Å². The molecular formula is C17H17Cl2NO3S. The smallest absolute Gasteiger partial charge is 0.251 e. The van der Waals surface area contributed by atoms with Gasteiger partial charge in [0.25, 0.3) is 5.91 Å². The topological polar surface area (TPSA) is 58.6 Å². The Labute approximate surface area is 156 Å². The lowest BCUT2D eigenvalue weighted by Gasteiger charge is -2.10. The summed E-state index contributed by atoms with van der Waals surface area (Å²) in [5.41, 5.74) is 0.585. The van der Waals surface area contributed by atoms with Crippen LogP contribution in [0.1, 0.15) is 23.2 Å². The van der Waals surface area contributed by atoms with Crippen molar-refractivity contribution < 1.29 is 14.6 Å². The molecule has 2 rings (SSSR count). The number of carbonyl (C=O) groups is 1. The average molecular weight is 386 g/mol. The predicted molar refractivity (Wildman–Crippen MR) is 98.9 cm³/mol. The molecule has 0 unspecified atom stereocenters. The van der Waals surface area contributed by atoms with Gasteiger partial charge in [-0.3, -0.25) is 4.79 Å². The molecule has 24 heavy (non-hydrogen) atoms. The van der Waals surface area contributed by atoms with Gasteiger partial charge in [-0.15, -0.1) is 12.6 Å². The number of halogens is 2. The second-order valence-electron chi connectivity index (χ2n) is 5.10. The van der Waals surface area contributed by atoms with E-state index in [1.54, 1.807) is 18.2 Å². The number of phenols is 1. The van der Waals surface area contributed by atoms with Gasteiger partial charge in [0.15, 0.2) is 5.75 Å². The van der Waals surface area contributed by atoms with E-state index in [2.05, 4.69) is 17.9 Å². The van der Waals surface area contributed by atoms with Crippen LogP contribution in [0.25, 0.3) is 0 Å². The third kappa shape index (κ3) is 5.51. The number of rotatable bonds is 7. The lowest BCUT2D eigenvalue weighted by molar-refractivity contribution is 0.0952. The van der Waals surface area contributed by atoms with E-state index in [4.69, 9.17) is 27.9 Å². The van der Waals surface area contributed by atoms with Gasteiger partial charge in [0.1, 0.15) is 5.75 Å². The van der Waals surface area contributed by atoms with Crippen LogP contribution in [-0.4, -0.2) is 24.2 Å². The van der Waals surface area contributed by atoms with Gasteiger partial charge in [0.05, 0.1) is 16.7 Å². The molecule has 0 atom stereocenters. The van der Waals surface area contributed by atoms with E-state index in [-0.39, 0.29) is 21.7 Å². The van der Waals surface area contributed by atoms with Crippen molar-refractivity contribution in [3.8, 4) is 11.5 Å². The van der Waals surface area contributed by atoms with E-state index in [1.807, 2.05) is 6.07 Å². The number of amides is 1. The number of carbonyl (C=O) groups excluding carboxylic acids is 1. The molecule has 0 saturated heterocycles. The first-order chi connectivity index (χ1) is 11.5. The molecule has 0 aromatic heterocycles. The average Bonchev–Trinajstić information content (AvgIpc) is 2.52. The van der Waals surface area contributed by atoms with E-state index in [0.717, 1.165) is 17.7 Å². The number of thiol groups is 1. The number of aromatic hydroxyl groups is 1. The van der Waals surface area contributed by atoms with Gasteiger partial charge >= 0.3 is 0 Å². The van der Waals surface area contributed by atoms with E-state index in [9.17, 15) is 9.90 Å². The van der Waals surface area contributed by atoms with E-state index < -0.39 is 0 Å². The zero-order valence-corrected chi connectivity index (χ0v) is 15.2. The number of phenolic OH excluding ortho intramolecular Hbond substituents is 1. The molecule has 0 aliphatic carbocycles. The lowest BCUT2D eigenvalue weighted by Crippen LogP contribution is -2.24. The molecule has 7 heteroatoms. The Morgan fingerprint density at radius 1 is 1.17 bits per heavy atom. The molecule has 128 valence electrons. The van der Waals surface area contributed by atoms with E-state index in [1.165, 1.54) is 12.1 Å². The molecule has 0 aliphatic rings. The van der Waals surface area contributed by atoms with Crippen LogP contribution in [0, 0.1) is 0 Å². The van der Waals surface area contributed by atoms with Crippen molar-refractivity contribution >= 4 is 41.7 Å². The van der Waals surface area contributed by atoms with Gasteiger partial charge in [-0.2, -0.15) is 0 Å². The lowest BCUT2D eigenvalue weighted by atomic mass is 10.2. The summed E-state index contributed by atoms with van der Waals surface area (Å²) in [6, 6.07) is 9.81. The fourth-order valence-electron chi connectivity index (χ4n) is 2.04. The first-order valence-electron chi connectivity index (χ1n) is 7.35. The summed E-state index contributed by atoms with van der Waals surface area (Å²) in [4.78, 5) is 12.7. The third-order valence-electron chi connectivity index (χ3n) is 3.19. The third-order valence-corrected chi connectivity index (χ3v) is 4.03. The quantitative estimate of drug-likeness (QED) is 0.482. The van der Waals surface area contributed by atoms with Gasteiger partial charge < -0.3 is 15.2 Å². The highest BCUT2D eigenvalue weighted by Crippen LogP contribution is 2.36. The Bertz CT molecular complexity index is 702. The number of hydrogen-bond acceptors (Lipinski definition) is 4. The summed E-state index contributed by atoms with van der Waals surface area (Å²) in [7, 11) is 0. The predicted octanol–water partition coefficient (Wildman–Crippen LogP) is 4.58. The number of benzene rings is 2.